The fraction of sp³-hybridized carbons (Fsp3) is 0.462. The molecule has 0 spiro atoms. The molecule has 3 atom stereocenters. The summed E-state index contributed by atoms with van der Waals surface area (Å²) in [5, 5.41) is 0. The topological polar surface area (TPSA) is 61.4 Å². The molecule has 1 aromatic carbocycles. The molecule has 3 nitrogen and oxygen atoms in total. The van der Waals surface area contributed by atoms with E-state index < -0.39 is 32.8 Å². The van der Waals surface area contributed by atoms with Crippen LogP contribution in [0.25, 0.3) is 0 Å². The van der Waals surface area contributed by atoms with Gasteiger partial charge in [0.15, 0.2) is 16.1 Å². The van der Waals surface area contributed by atoms with Crippen LogP contribution in [0.15, 0.2) is 27.7 Å². The smallest absolute Gasteiger partial charge is 0.282 e. The van der Waals surface area contributed by atoms with Crippen LogP contribution in [0.2, 0.25) is 0 Å². The van der Waals surface area contributed by atoms with Crippen molar-refractivity contribution >= 4 is 32.9 Å². The number of halogens is 3. The van der Waals surface area contributed by atoms with Crippen LogP contribution in [0, 0.1) is 5.82 Å². The lowest BCUT2D eigenvalue weighted by Crippen LogP contribution is -2.58. The third-order valence-electron chi connectivity index (χ3n) is 3.58. The molecule has 2 N–H and O–H groups in total. The maximum absolute atomic E-state index is 14.6. The van der Waals surface area contributed by atoms with Gasteiger partial charge in [-0.3, -0.25) is 0 Å². The van der Waals surface area contributed by atoms with Crippen molar-refractivity contribution in [1.29, 1.82) is 0 Å². The molecule has 0 saturated carbocycles. The van der Waals surface area contributed by atoms with Crippen LogP contribution in [0.4, 0.5) is 8.78 Å². The van der Waals surface area contributed by atoms with Crippen LogP contribution in [0.1, 0.15) is 26.3 Å². The number of amidine groups is 1. The van der Waals surface area contributed by atoms with E-state index in [1.807, 2.05) is 0 Å². The monoisotopic (exact) mass is 364 g/mol. The van der Waals surface area contributed by atoms with Crippen LogP contribution in [0.3, 0.4) is 0 Å². The van der Waals surface area contributed by atoms with Crippen molar-refractivity contribution in [3.05, 3.63) is 34.1 Å². The Kier molecular flexibility index (Phi) is 3.90. The van der Waals surface area contributed by atoms with Crippen LogP contribution in [-0.2, 0) is 16.7 Å². The molecule has 110 valence electrons. The Balaban J connectivity index is 2.65. The Labute approximate surface area is 128 Å². The van der Waals surface area contributed by atoms with Crippen molar-refractivity contribution in [2.75, 3.05) is 0 Å². The summed E-state index contributed by atoms with van der Waals surface area (Å²) in [7, 11) is 0. The molecular formula is C13H15BrF2N2OS. The van der Waals surface area contributed by atoms with Crippen molar-refractivity contribution in [3.8, 4) is 0 Å². The lowest BCUT2D eigenvalue weighted by Gasteiger charge is -2.41. The Morgan fingerprint density at radius 2 is 2.00 bits per heavy atom. The van der Waals surface area contributed by atoms with Crippen LogP contribution < -0.4 is 5.73 Å². The number of benzene rings is 1. The molecular weight excluding hydrogens is 350 g/mol. The summed E-state index contributed by atoms with van der Waals surface area (Å²) in [6, 6.07) is 4.16. The molecule has 1 unspecified atom stereocenters. The van der Waals surface area contributed by atoms with E-state index in [2.05, 4.69) is 20.9 Å². The van der Waals surface area contributed by atoms with Gasteiger partial charge in [-0.05, 0) is 50.1 Å². The summed E-state index contributed by atoms with van der Waals surface area (Å²) in [5.74, 6) is -0.543. The van der Waals surface area contributed by atoms with E-state index in [0.29, 0.717) is 4.47 Å². The molecule has 0 aromatic heterocycles. The van der Waals surface area contributed by atoms with Gasteiger partial charge in [0.25, 0.3) is 5.50 Å². The second-order valence-corrected chi connectivity index (χ2v) is 8.34. The average molecular weight is 365 g/mol. The molecule has 7 heteroatoms. The maximum atomic E-state index is 14.6. The molecule has 0 radical (unpaired) electrons. The minimum Gasteiger partial charge on any atom is -0.613 e. The SMILES string of the molecule is CC1(C)C(N)=N[C@](C)(c2cc(Br)ccc2F)[C@@H](F)[S+]1[O-]. The second-order valence-electron chi connectivity index (χ2n) is 5.39. The van der Waals surface area contributed by atoms with E-state index in [1.165, 1.54) is 25.1 Å². The minimum absolute atomic E-state index is 0.0335. The first-order chi connectivity index (χ1) is 9.10. The molecule has 1 heterocycles. The van der Waals surface area contributed by atoms with Gasteiger partial charge >= 0.3 is 0 Å². The van der Waals surface area contributed by atoms with Gasteiger partial charge in [0.1, 0.15) is 5.82 Å². The zero-order valence-electron chi connectivity index (χ0n) is 11.3. The van der Waals surface area contributed by atoms with Gasteiger partial charge in [-0.25, -0.2) is 9.38 Å². The Morgan fingerprint density at radius 1 is 1.40 bits per heavy atom. The molecule has 0 amide bonds. The van der Waals surface area contributed by atoms with Crippen molar-refractivity contribution < 1.29 is 13.3 Å². The maximum Gasteiger partial charge on any atom is 0.282 e. The number of hydrogen-bond donors (Lipinski definition) is 1. The average Bonchev–Trinajstić information content (AvgIpc) is 2.37. The number of rotatable bonds is 1. The van der Waals surface area contributed by atoms with Crippen LogP contribution in [-0.4, -0.2) is 20.6 Å². The quantitative estimate of drug-likeness (QED) is 0.778. The normalized spacial score (nSPS) is 32.9. The lowest BCUT2D eigenvalue weighted by molar-refractivity contribution is 0.267. The summed E-state index contributed by atoms with van der Waals surface area (Å²) in [6.07, 6.45) is 0. The van der Waals surface area contributed by atoms with Crippen LogP contribution in [0.5, 0.6) is 0 Å². The van der Waals surface area contributed by atoms with E-state index in [9.17, 15) is 13.3 Å². The van der Waals surface area contributed by atoms with E-state index >= 15 is 0 Å². The highest BCUT2D eigenvalue weighted by molar-refractivity contribution is 9.10. The zero-order valence-corrected chi connectivity index (χ0v) is 13.7. The third kappa shape index (κ3) is 2.25. The van der Waals surface area contributed by atoms with E-state index in [4.69, 9.17) is 5.73 Å². The standard InChI is InChI=1S/C13H15BrF2N2OS/c1-12(2)11(17)18-13(3,10(16)20(12)19)8-6-7(14)4-5-9(8)15/h4-6,10H,1-3H3,(H2,17,18)/t10-,13+,20?/m0/s1. The molecule has 1 aliphatic heterocycles. The van der Waals surface area contributed by atoms with Crippen molar-refractivity contribution in [1.82, 2.24) is 0 Å². The lowest BCUT2D eigenvalue weighted by atomic mass is 9.92. The Morgan fingerprint density at radius 3 is 2.60 bits per heavy atom. The third-order valence-corrected chi connectivity index (χ3v) is 6.12. The van der Waals surface area contributed by atoms with Gasteiger partial charge in [0.05, 0.1) is 0 Å². The fourth-order valence-electron chi connectivity index (χ4n) is 2.07. The van der Waals surface area contributed by atoms with E-state index in [0.717, 1.165) is 0 Å². The highest BCUT2D eigenvalue weighted by atomic mass is 79.9. The molecule has 1 aromatic rings. The summed E-state index contributed by atoms with van der Waals surface area (Å²) >= 11 is 1.30. The first-order valence-electron chi connectivity index (χ1n) is 5.97. The predicted octanol–water partition coefficient (Wildman–Crippen LogP) is 3.00. The van der Waals surface area contributed by atoms with Gasteiger partial charge in [-0.1, -0.05) is 15.9 Å². The number of hydrogen-bond acceptors (Lipinski definition) is 3. The molecule has 0 saturated heterocycles. The highest BCUT2D eigenvalue weighted by Crippen LogP contribution is 2.44. The zero-order chi connectivity index (χ0) is 15.3. The van der Waals surface area contributed by atoms with Gasteiger partial charge in [-0.15, -0.1) is 0 Å². The first kappa shape index (κ1) is 15.7. The highest BCUT2D eigenvalue weighted by Gasteiger charge is 2.57. The molecule has 0 bridgehead atoms. The summed E-state index contributed by atoms with van der Waals surface area (Å²) in [6.45, 7) is 4.53. The summed E-state index contributed by atoms with van der Waals surface area (Å²) in [5.41, 5.74) is 2.42. The molecule has 0 aliphatic carbocycles. The van der Waals surface area contributed by atoms with E-state index in [1.54, 1.807) is 13.8 Å². The number of nitrogens with two attached hydrogens (primary N) is 1. The summed E-state index contributed by atoms with van der Waals surface area (Å²) in [4.78, 5) is 4.14. The van der Waals surface area contributed by atoms with Crippen molar-refractivity contribution in [2.45, 2.75) is 36.6 Å². The molecule has 1 aliphatic rings. The number of aliphatic imine (C=N–C) groups is 1. The number of nitrogens with zero attached hydrogens (tertiary/aromatic N) is 1. The fourth-order valence-corrected chi connectivity index (χ4v) is 3.80. The van der Waals surface area contributed by atoms with Crippen molar-refractivity contribution in [2.24, 2.45) is 10.7 Å². The second kappa shape index (κ2) is 4.96. The minimum atomic E-state index is -1.91. The first-order valence-corrected chi connectivity index (χ1v) is 7.97. The number of alkyl halides is 1. The van der Waals surface area contributed by atoms with Crippen molar-refractivity contribution in [3.63, 3.8) is 0 Å². The van der Waals surface area contributed by atoms with Gasteiger partial charge in [0, 0.05) is 10.0 Å². The Bertz CT molecular complexity index is 581. The molecule has 2 rings (SSSR count). The predicted molar refractivity (Wildman–Crippen MR) is 80.2 cm³/mol. The van der Waals surface area contributed by atoms with Crippen LogP contribution >= 0.6 is 15.9 Å². The Hall–Kier alpha value is -0.660. The molecule has 0 fully saturated rings. The molecule has 20 heavy (non-hydrogen) atoms. The van der Waals surface area contributed by atoms with Gasteiger partial charge in [-0.2, -0.15) is 4.39 Å². The van der Waals surface area contributed by atoms with Gasteiger partial charge in [0.2, 0.25) is 0 Å². The van der Waals surface area contributed by atoms with Gasteiger partial charge < -0.3 is 10.3 Å². The van der Waals surface area contributed by atoms with E-state index in [-0.39, 0.29) is 11.4 Å². The summed E-state index contributed by atoms with van der Waals surface area (Å²) < 4.78 is 40.5. The largest absolute Gasteiger partial charge is 0.613 e.